The van der Waals surface area contributed by atoms with Gasteiger partial charge in [0.05, 0.1) is 11.2 Å². The highest BCUT2D eigenvalue weighted by molar-refractivity contribution is 5.78. The molecular weight excluding hydrogens is 402 g/mol. The van der Waals surface area contributed by atoms with Gasteiger partial charge in [-0.1, -0.05) is 48.5 Å². The topological polar surface area (TPSA) is 85.8 Å². The summed E-state index contributed by atoms with van der Waals surface area (Å²) in [5.74, 6) is 2.18. The van der Waals surface area contributed by atoms with Crippen LogP contribution in [0.2, 0.25) is 0 Å². The van der Waals surface area contributed by atoms with E-state index < -0.39 is 0 Å². The molecule has 0 fully saturated rings. The van der Waals surface area contributed by atoms with E-state index in [1.54, 1.807) is 0 Å². The second-order valence-corrected chi connectivity index (χ2v) is 7.39. The zero-order chi connectivity index (χ0) is 21.6. The Morgan fingerprint density at radius 2 is 1.47 bits per heavy atom. The zero-order valence-electron chi connectivity index (χ0n) is 17.3. The fourth-order valence-electron chi connectivity index (χ4n) is 3.46. The number of pyridine rings is 1. The SMILES string of the molecule is c1cc(Cc2cccc(OCc3nnn[nH]3)c2)cc(OCc2ccc3ccccc3n2)c1. The van der Waals surface area contributed by atoms with E-state index in [-0.39, 0.29) is 0 Å². The van der Waals surface area contributed by atoms with Crippen LogP contribution in [0, 0.1) is 0 Å². The Balaban J connectivity index is 1.22. The predicted octanol–water partition coefficient (Wildman–Crippen LogP) is 4.50. The lowest BCUT2D eigenvalue weighted by atomic mass is 10.0. The number of nitrogens with one attached hydrogen (secondary N) is 1. The molecule has 32 heavy (non-hydrogen) atoms. The highest BCUT2D eigenvalue weighted by Gasteiger charge is 2.04. The number of hydrogen-bond acceptors (Lipinski definition) is 6. The fourth-order valence-corrected chi connectivity index (χ4v) is 3.46. The van der Waals surface area contributed by atoms with Gasteiger partial charge in [0.15, 0.2) is 5.82 Å². The molecule has 3 aromatic carbocycles. The van der Waals surface area contributed by atoms with Gasteiger partial charge in [-0.2, -0.15) is 0 Å². The summed E-state index contributed by atoms with van der Waals surface area (Å²) >= 11 is 0. The maximum absolute atomic E-state index is 6.01. The molecule has 2 aromatic heterocycles. The quantitative estimate of drug-likeness (QED) is 0.396. The van der Waals surface area contributed by atoms with Crippen molar-refractivity contribution < 1.29 is 9.47 Å². The second-order valence-electron chi connectivity index (χ2n) is 7.39. The number of aromatic amines is 1. The third-order valence-electron chi connectivity index (χ3n) is 5.01. The monoisotopic (exact) mass is 423 g/mol. The summed E-state index contributed by atoms with van der Waals surface area (Å²) in [6, 6.07) is 28.3. The molecule has 0 saturated carbocycles. The Bertz CT molecular complexity index is 1320. The van der Waals surface area contributed by atoms with E-state index in [0.717, 1.165) is 45.6 Å². The lowest BCUT2D eigenvalue weighted by Crippen LogP contribution is -1.99. The summed E-state index contributed by atoms with van der Waals surface area (Å²) in [5.41, 5.74) is 4.18. The molecule has 2 heterocycles. The number of fused-ring (bicyclic) bond motifs is 1. The summed E-state index contributed by atoms with van der Waals surface area (Å²) in [6.45, 7) is 0.719. The molecule has 7 nitrogen and oxygen atoms in total. The van der Waals surface area contributed by atoms with Gasteiger partial charge in [0.1, 0.15) is 24.7 Å². The van der Waals surface area contributed by atoms with Crippen molar-refractivity contribution in [3.8, 4) is 11.5 Å². The van der Waals surface area contributed by atoms with Crippen LogP contribution in [0.1, 0.15) is 22.6 Å². The van der Waals surface area contributed by atoms with Gasteiger partial charge in [-0.25, -0.2) is 10.1 Å². The van der Waals surface area contributed by atoms with E-state index in [1.165, 1.54) is 0 Å². The Kier molecular flexibility index (Phi) is 5.70. The summed E-state index contributed by atoms with van der Waals surface area (Å²) < 4.78 is 11.8. The lowest BCUT2D eigenvalue weighted by molar-refractivity contribution is 0.295. The van der Waals surface area contributed by atoms with Crippen LogP contribution in [0.3, 0.4) is 0 Å². The van der Waals surface area contributed by atoms with Gasteiger partial charge in [-0.15, -0.1) is 5.10 Å². The predicted molar refractivity (Wildman–Crippen MR) is 120 cm³/mol. The summed E-state index contributed by atoms with van der Waals surface area (Å²) in [4.78, 5) is 4.67. The highest BCUT2D eigenvalue weighted by atomic mass is 16.5. The second kappa shape index (κ2) is 9.26. The van der Waals surface area contributed by atoms with E-state index in [1.807, 2.05) is 54.6 Å². The molecule has 7 heteroatoms. The van der Waals surface area contributed by atoms with Crippen molar-refractivity contribution in [1.82, 2.24) is 25.6 Å². The Hall–Kier alpha value is -4.26. The third kappa shape index (κ3) is 4.89. The molecular formula is C25H21N5O2. The molecule has 0 spiro atoms. The molecule has 0 unspecified atom stereocenters. The number of tetrazole rings is 1. The van der Waals surface area contributed by atoms with Crippen LogP contribution in [0.5, 0.6) is 11.5 Å². The lowest BCUT2D eigenvalue weighted by Gasteiger charge is -2.10. The molecule has 0 amide bonds. The number of rotatable bonds is 8. The van der Waals surface area contributed by atoms with Crippen LogP contribution >= 0.6 is 0 Å². The molecule has 158 valence electrons. The Labute approximate surface area is 185 Å². The molecule has 0 radical (unpaired) electrons. The van der Waals surface area contributed by atoms with E-state index in [2.05, 4.69) is 55.9 Å². The summed E-state index contributed by atoms with van der Waals surface area (Å²) in [7, 11) is 0. The normalized spacial score (nSPS) is 10.9. The molecule has 5 aromatic rings. The first-order valence-corrected chi connectivity index (χ1v) is 10.3. The van der Waals surface area contributed by atoms with Crippen LogP contribution in [-0.4, -0.2) is 25.6 Å². The molecule has 0 aliphatic carbocycles. The molecule has 5 rings (SSSR count). The van der Waals surface area contributed by atoms with Crippen molar-refractivity contribution in [3.05, 3.63) is 108 Å². The molecule has 1 N–H and O–H groups in total. The van der Waals surface area contributed by atoms with Crippen LogP contribution < -0.4 is 9.47 Å². The zero-order valence-corrected chi connectivity index (χ0v) is 17.3. The number of nitrogens with zero attached hydrogens (tertiary/aromatic N) is 4. The largest absolute Gasteiger partial charge is 0.487 e. The van der Waals surface area contributed by atoms with Gasteiger partial charge in [-0.05, 0) is 64.4 Å². The first-order chi connectivity index (χ1) is 15.8. The van der Waals surface area contributed by atoms with E-state index >= 15 is 0 Å². The molecule has 0 bridgehead atoms. The average Bonchev–Trinajstić information content (AvgIpc) is 3.36. The standard InChI is InChI=1S/C25H21N5O2/c1-2-10-24-20(7-1)11-12-21(26-24)16-31-22-8-3-5-18(14-22)13-19-6-4-9-23(15-19)32-17-25-27-29-30-28-25/h1-12,14-15H,13,16-17H2,(H,27,28,29,30). The highest BCUT2D eigenvalue weighted by Crippen LogP contribution is 2.21. The van der Waals surface area contributed by atoms with Crippen molar-refractivity contribution in [2.75, 3.05) is 0 Å². The Morgan fingerprint density at radius 1 is 0.719 bits per heavy atom. The number of hydrogen-bond donors (Lipinski definition) is 1. The van der Waals surface area contributed by atoms with Crippen molar-refractivity contribution in [2.45, 2.75) is 19.6 Å². The first kappa shape index (κ1) is 19.7. The van der Waals surface area contributed by atoms with Gasteiger partial charge < -0.3 is 9.47 Å². The number of ether oxygens (including phenoxy) is 2. The van der Waals surface area contributed by atoms with Crippen LogP contribution in [-0.2, 0) is 19.6 Å². The van der Waals surface area contributed by atoms with E-state index in [9.17, 15) is 0 Å². The van der Waals surface area contributed by atoms with Crippen LogP contribution in [0.25, 0.3) is 10.9 Å². The first-order valence-electron chi connectivity index (χ1n) is 10.3. The van der Waals surface area contributed by atoms with Gasteiger partial charge >= 0.3 is 0 Å². The number of H-pyrrole nitrogens is 1. The van der Waals surface area contributed by atoms with Gasteiger partial charge in [0, 0.05) is 5.39 Å². The summed E-state index contributed by atoms with van der Waals surface area (Å²) in [5, 5.41) is 14.7. The van der Waals surface area contributed by atoms with E-state index in [4.69, 9.17) is 9.47 Å². The van der Waals surface area contributed by atoms with Gasteiger partial charge in [0.25, 0.3) is 0 Å². The number of aromatic nitrogens is 5. The Morgan fingerprint density at radius 3 is 2.22 bits per heavy atom. The van der Waals surface area contributed by atoms with Crippen LogP contribution in [0.4, 0.5) is 0 Å². The number of para-hydroxylation sites is 1. The third-order valence-corrected chi connectivity index (χ3v) is 5.01. The molecule has 0 saturated heterocycles. The number of benzene rings is 3. The minimum Gasteiger partial charge on any atom is -0.487 e. The smallest absolute Gasteiger partial charge is 0.186 e. The maximum Gasteiger partial charge on any atom is 0.186 e. The van der Waals surface area contributed by atoms with Gasteiger partial charge in [0.2, 0.25) is 0 Å². The van der Waals surface area contributed by atoms with Gasteiger partial charge in [-0.3, -0.25) is 0 Å². The van der Waals surface area contributed by atoms with E-state index in [0.29, 0.717) is 19.0 Å². The van der Waals surface area contributed by atoms with Crippen molar-refractivity contribution >= 4 is 10.9 Å². The fraction of sp³-hybridized carbons (Fsp3) is 0.120. The van der Waals surface area contributed by atoms with Crippen molar-refractivity contribution in [2.24, 2.45) is 0 Å². The minimum absolute atomic E-state index is 0.294. The molecule has 0 atom stereocenters. The van der Waals surface area contributed by atoms with Crippen molar-refractivity contribution in [1.29, 1.82) is 0 Å². The van der Waals surface area contributed by atoms with Crippen molar-refractivity contribution in [3.63, 3.8) is 0 Å². The minimum atomic E-state index is 0.294. The summed E-state index contributed by atoms with van der Waals surface area (Å²) in [6.07, 6.45) is 0.770. The molecule has 0 aliphatic heterocycles. The molecule has 0 aliphatic rings. The average molecular weight is 423 g/mol. The van der Waals surface area contributed by atoms with Crippen LogP contribution in [0.15, 0.2) is 84.9 Å². The maximum atomic E-state index is 6.01.